The smallest absolute Gasteiger partial charge is 0.277 e. The van der Waals surface area contributed by atoms with E-state index in [2.05, 4.69) is 15.4 Å². The lowest BCUT2D eigenvalue weighted by atomic mass is 10.2. The van der Waals surface area contributed by atoms with Crippen molar-refractivity contribution in [3.63, 3.8) is 0 Å². The lowest BCUT2D eigenvalue weighted by molar-refractivity contribution is 0.102. The van der Waals surface area contributed by atoms with E-state index in [9.17, 15) is 4.79 Å². The van der Waals surface area contributed by atoms with Crippen LogP contribution in [0.5, 0.6) is 5.75 Å². The summed E-state index contributed by atoms with van der Waals surface area (Å²) in [7, 11) is 1.61. The molecule has 0 fully saturated rings. The second-order valence-corrected chi connectivity index (χ2v) is 6.51. The molecule has 120 valence electrons. The van der Waals surface area contributed by atoms with Crippen LogP contribution in [0.1, 0.15) is 35.9 Å². The number of nitrogens with one attached hydrogen (secondary N) is 1. The zero-order valence-electron chi connectivity index (χ0n) is 13.5. The molecular weight excluding hydrogens is 312 g/mol. The van der Waals surface area contributed by atoms with Gasteiger partial charge in [-0.1, -0.05) is 17.4 Å². The van der Waals surface area contributed by atoms with Crippen LogP contribution in [-0.4, -0.2) is 27.8 Å². The molecule has 6 nitrogen and oxygen atoms in total. The van der Waals surface area contributed by atoms with Gasteiger partial charge in [0.05, 0.1) is 11.8 Å². The lowest BCUT2D eigenvalue weighted by Gasteiger charge is -2.03. The first kappa shape index (κ1) is 15.5. The first-order chi connectivity index (χ1) is 11.0. The highest BCUT2D eigenvalue weighted by Gasteiger charge is 2.15. The first-order valence-electron chi connectivity index (χ1n) is 7.30. The fraction of sp³-hybridized carbons (Fsp3) is 0.312. The molecule has 0 saturated carbocycles. The van der Waals surface area contributed by atoms with Crippen LogP contribution in [-0.2, 0) is 0 Å². The van der Waals surface area contributed by atoms with Crippen LogP contribution in [0, 0.1) is 6.92 Å². The number of methoxy groups -OCH3 is 1. The summed E-state index contributed by atoms with van der Waals surface area (Å²) in [6, 6.07) is 5.78. The number of benzene rings is 1. The Morgan fingerprint density at radius 1 is 1.35 bits per heavy atom. The van der Waals surface area contributed by atoms with Crippen LogP contribution in [0.4, 0.5) is 5.13 Å². The van der Waals surface area contributed by atoms with E-state index in [0.29, 0.717) is 16.6 Å². The lowest BCUT2D eigenvalue weighted by Crippen LogP contribution is -2.13. The first-order valence-corrected chi connectivity index (χ1v) is 8.12. The molecule has 0 aliphatic carbocycles. The Balaban J connectivity index is 1.88. The Kier molecular flexibility index (Phi) is 4.04. The minimum Gasteiger partial charge on any atom is -0.494 e. The summed E-state index contributed by atoms with van der Waals surface area (Å²) in [6.07, 6.45) is 1.80. The molecule has 1 amide bonds. The number of hydrogen-bond donors (Lipinski definition) is 1. The fourth-order valence-electron chi connectivity index (χ4n) is 2.24. The fourth-order valence-corrected chi connectivity index (χ4v) is 3.18. The van der Waals surface area contributed by atoms with Gasteiger partial charge in [-0.2, -0.15) is 5.10 Å². The molecule has 1 aromatic carbocycles. The third-order valence-electron chi connectivity index (χ3n) is 3.51. The van der Waals surface area contributed by atoms with Gasteiger partial charge in [-0.15, -0.1) is 0 Å². The molecule has 23 heavy (non-hydrogen) atoms. The maximum Gasteiger partial charge on any atom is 0.277 e. The largest absolute Gasteiger partial charge is 0.494 e. The molecule has 1 N–H and O–H groups in total. The molecule has 2 aromatic heterocycles. The number of carbonyl (C=O) groups is 1. The third-order valence-corrected chi connectivity index (χ3v) is 4.62. The van der Waals surface area contributed by atoms with Crippen LogP contribution < -0.4 is 10.1 Å². The van der Waals surface area contributed by atoms with Gasteiger partial charge < -0.3 is 4.74 Å². The predicted molar refractivity (Wildman–Crippen MR) is 91.5 cm³/mol. The van der Waals surface area contributed by atoms with Crippen LogP contribution in [0.2, 0.25) is 0 Å². The zero-order valence-corrected chi connectivity index (χ0v) is 14.3. The molecule has 0 bridgehead atoms. The average Bonchev–Trinajstić information content (AvgIpc) is 3.14. The van der Waals surface area contributed by atoms with E-state index in [1.54, 1.807) is 24.1 Å². The van der Waals surface area contributed by atoms with E-state index in [1.165, 1.54) is 11.3 Å². The molecule has 0 atom stereocenters. The number of anilines is 1. The minimum absolute atomic E-state index is 0.214. The van der Waals surface area contributed by atoms with Gasteiger partial charge in [0.25, 0.3) is 5.91 Å². The van der Waals surface area contributed by atoms with Crippen molar-refractivity contribution >= 4 is 32.6 Å². The molecular formula is C16H18N4O2S. The van der Waals surface area contributed by atoms with Gasteiger partial charge >= 0.3 is 0 Å². The summed E-state index contributed by atoms with van der Waals surface area (Å²) in [5, 5.41) is 7.62. The van der Waals surface area contributed by atoms with Gasteiger partial charge in [-0.05, 0) is 38.5 Å². The number of amides is 1. The monoisotopic (exact) mass is 330 g/mol. The SMILES string of the molecule is COc1ccc(C)c2sc(NC(=O)c3ccn(C(C)C)n3)nc12. The summed E-state index contributed by atoms with van der Waals surface area (Å²) in [4.78, 5) is 16.8. The second kappa shape index (κ2) is 6.00. The molecule has 0 aliphatic rings. The Hall–Kier alpha value is -2.41. The Morgan fingerprint density at radius 3 is 2.78 bits per heavy atom. The number of carbonyl (C=O) groups excluding carboxylic acids is 1. The van der Waals surface area contributed by atoms with Crippen molar-refractivity contribution in [1.29, 1.82) is 0 Å². The molecule has 0 radical (unpaired) electrons. The average molecular weight is 330 g/mol. The molecule has 7 heteroatoms. The summed E-state index contributed by atoms with van der Waals surface area (Å²) in [5.41, 5.74) is 2.24. The van der Waals surface area contributed by atoms with Crippen molar-refractivity contribution in [3.05, 3.63) is 35.7 Å². The maximum absolute atomic E-state index is 12.3. The molecule has 0 saturated heterocycles. The van der Waals surface area contributed by atoms with Crippen LogP contribution >= 0.6 is 11.3 Å². The van der Waals surface area contributed by atoms with E-state index in [1.807, 2.05) is 32.9 Å². The van der Waals surface area contributed by atoms with Crippen molar-refractivity contribution in [2.24, 2.45) is 0 Å². The normalized spacial score (nSPS) is 11.2. The third kappa shape index (κ3) is 2.92. The number of aryl methyl sites for hydroxylation is 1. The van der Waals surface area contributed by atoms with Gasteiger partial charge in [-0.3, -0.25) is 14.8 Å². The van der Waals surface area contributed by atoms with Crippen molar-refractivity contribution in [3.8, 4) is 5.75 Å². The minimum atomic E-state index is -0.264. The number of fused-ring (bicyclic) bond motifs is 1. The molecule has 2 heterocycles. The standard InChI is InChI=1S/C16H18N4O2S/c1-9(2)20-8-7-11(19-20)15(21)18-16-17-13-12(22-4)6-5-10(3)14(13)23-16/h5-9H,1-4H3,(H,17,18,21). The van der Waals surface area contributed by atoms with E-state index < -0.39 is 0 Å². The van der Waals surface area contributed by atoms with Crippen molar-refractivity contribution < 1.29 is 9.53 Å². The topological polar surface area (TPSA) is 69.0 Å². The second-order valence-electron chi connectivity index (χ2n) is 5.51. The van der Waals surface area contributed by atoms with E-state index >= 15 is 0 Å². The molecule has 3 aromatic rings. The molecule has 0 unspecified atom stereocenters. The number of aromatic nitrogens is 3. The van der Waals surface area contributed by atoms with Gasteiger partial charge in [-0.25, -0.2) is 4.98 Å². The Morgan fingerprint density at radius 2 is 2.13 bits per heavy atom. The van der Waals surface area contributed by atoms with Gasteiger partial charge in [0, 0.05) is 12.2 Å². The van der Waals surface area contributed by atoms with Crippen molar-refractivity contribution in [1.82, 2.24) is 14.8 Å². The quantitative estimate of drug-likeness (QED) is 0.793. The van der Waals surface area contributed by atoms with Crippen LogP contribution in [0.15, 0.2) is 24.4 Å². The highest BCUT2D eigenvalue weighted by Crippen LogP contribution is 2.34. The van der Waals surface area contributed by atoms with Crippen LogP contribution in [0.3, 0.4) is 0 Å². The molecule has 3 rings (SSSR count). The predicted octanol–water partition coefficient (Wildman–Crippen LogP) is 3.64. The van der Waals surface area contributed by atoms with Gasteiger partial charge in [0.2, 0.25) is 0 Å². The number of ether oxygens (including phenoxy) is 1. The number of nitrogens with zero attached hydrogens (tertiary/aromatic N) is 3. The Bertz CT molecular complexity index is 866. The summed E-state index contributed by atoms with van der Waals surface area (Å²) in [6.45, 7) is 6.03. The highest BCUT2D eigenvalue weighted by atomic mass is 32.1. The molecule has 0 aliphatic heterocycles. The van der Waals surface area contributed by atoms with E-state index in [0.717, 1.165) is 15.8 Å². The van der Waals surface area contributed by atoms with Gasteiger partial charge in [0.15, 0.2) is 10.8 Å². The number of rotatable bonds is 4. The highest BCUT2D eigenvalue weighted by molar-refractivity contribution is 7.22. The maximum atomic E-state index is 12.3. The van der Waals surface area contributed by atoms with E-state index in [-0.39, 0.29) is 11.9 Å². The van der Waals surface area contributed by atoms with Crippen molar-refractivity contribution in [2.75, 3.05) is 12.4 Å². The Labute approximate surface area is 138 Å². The molecule has 0 spiro atoms. The van der Waals surface area contributed by atoms with E-state index in [4.69, 9.17) is 4.74 Å². The van der Waals surface area contributed by atoms with Crippen molar-refractivity contribution in [2.45, 2.75) is 26.8 Å². The summed E-state index contributed by atoms with van der Waals surface area (Å²) < 4.78 is 8.09. The number of thiazole rings is 1. The number of hydrogen-bond acceptors (Lipinski definition) is 5. The summed E-state index contributed by atoms with van der Waals surface area (Å²) >= 11 is 1.43. The summed E-state index contributed by atoms with van der Waals surface area (Å²) in [5.74, 6) is 0.437. The van der Waals surface area contributed by atoms with Gasteiger partial charge in [0.1, 0.15) is 11.3 Å². The van der Waals surface area contributed by atoms with Crippen LogP contribution in [0.25, 0.3) is 10.2 Å². The zero-order chi connectivity index (χ0) is 16.6.